The fourth-order valence-electron chi connectivity index (χ4n) is 2.19. The number of hydrogen-bond acceptors (Lipinski definition) is 3. The van der Waals surface area contributed by atoms with Gasteiger partial charge in [0, 0.05) is 13.7 Å². The summed E-state index contributed by atoms with van der Waals surface area (Å²) in [5, 5.41) is 5.27. The van der Waals surface area contributed by atoms with Crippen LogP contribution in [0.4, 0.5) is 0 Å². The number of hydrogen-bond donors (Lipinski definition) is 2. The molecule has 0 bridgehead atoms. The van der Waals surface area contributed by atoms with Gasteiger partial charge in [0.15, 0.2) is 0 Å². The van der Waals surface area contributed by atoms with Gasteiger partial charge in [-0.05, 0) is 17.9 Å². The summed E-state index contributed by atoms with van der Waals surface area (Å²) in [6.07, 6.45) is 0.682. The maximum Gasteiger partial charge on any atom is 0.309 e. The number of nitrogens with one attached hydrogen (secondary N) is 2. The average molecular weight is 306 g/mol. The predicted octanol–water partition coefficient (Wildman–Crippen LogP) is 1.83. The number of rotatable bonds is 7. The third-order valence-electron chi connectivity index (χ3n) is 3.67. The second-order valence-electron chi connectivity index (χ2n) is 5.70. The number of carbonyl (C=O) groups excluding carboxylic acids is 2. The van der Waals surface area contributed by atoms with Crippen LogP contribution in [-0.4, -0.2) is 32.0 Å². The van der Waals surface area contributed by atoms with E-state index in [1.807, 2.05) is 51.1 Å². The zero-order valence-corrected chi connectivity index (χ0v) is 13.8. The van der Waals surface area contributed by atoms with Gasteiger partial charge in [-0.1, -0.05) is 51.1 Å². The minimum Gasteiger partial charge on any atom is -0.372 e. The summed E-state index contributed by atoms with van der Waals surface area (Å²) in [5.74, 6) is -0.941. The number of ether oxygens (including phenoxy) is 1. The van der Waals surface area contributed by atoms with Crippen molar-refractivity contribution in [1.29, 1.82) is 0 Å². The van der Waals surface area contributed by atoms with Crippen molar-refractivity contribution in [3.8, 4) is 0 Å². The first-order valence-electron chi connectivity index (χ1n) is 7.62. The molecule has 0 radical (unpaired) electrons. The van der Waals surface area contributed by atoms with Crippen LogP contribution in [0.15, 0.2) is 30.3 Å². The lowest BCUT2D eigenvalue weighted by molar-refractivity contribution is -0.140. The van der Waals surface area contributed by atoms with E-state index in [1.165, 1.54) is 0 Å². The Balaban J connectivity index is 2.69. The molecule has 0 aliphatic heterocycles. The van der Waals surface area contributed by atoms with Crippen LogP contribution >= 0.6 is 0 Å². The molecule has 2 amide bonds. The molecule has 2 N–H and O–H groups in total. The summed E-state index contributed by atoms with van der Waals surface area (Å²) in [4.78, 5) is 23.6. The van der Waals surface area contributed by atoms with Crippen LogP contribution in [0, 0.1) is 5.92 Å². The molecule has 0 aliphatic carbocycles. The van der Waals surface area contributed by atoms with E-state index in [9.17, 15) is 9.59 Å². The molecule has 5 nitrogen and oxygen atoms in total. The first-order valence-corrected chi connectivity index (χ1v) is 7.62. The SMILES string of the molecule is CCC(CNC(=O)C(=O)NCC(C)C)(OC)c1ccccc1. The molecule has 1 aromatic rings. The highest BCUT2D eigenvalue weighted by Gasteiger charge is 2.31. The van der Waals surface area contributed by atoms with Crippen LogP contribution in [-0.2, 0) is 19.9 Å². The van der Waals surface area contributed by atoms with Gasteiger partial charge in [0.25, 0.3) is 0 Å². The maximum atomic E-state index is 11.9. The minimum absolute atomic E-state index is 0.248. The lowest BCUT2D eigenvalue weighted by Crippen LogP contribution is -2.47. The summed E-state index contributed by atoms with van der Waals surface area (Å²) < 4.78 is 5.66. The molecule has 0 spiro atoms. The van der Waals surface area contributed by atoms with Gasteiger partial charge in [0.05, 0.1) is 6.54 Å². The summed E-state index contributed by atoms with van der Waals surface area (Å²) in [6, 6.07) is 9.69. The molecule has 0 saturated heterocycles. The molecule has 1 rings (SSSR count). The highest BCUT2D eigenvalue weighted by molar-refractivity contribution is 6.35. The van der Waals surface area contributed by atoms with Gasteiger partial charge >= 0.3 is 11.8 Å². The van der Waals surface area contributed by atoms with Crippen LogP contribution < -0.4 is 10.6 Å². The van der Waals surface area contributed by atoms with Crippen molar-refractivity contribution in [2.75, 3.05) is 20.2 Å². The molecule has 5 heteroatoms. The lowest BCUT2D eigenvalue weighted by Gasteiger charge is -2.32. The Kier molecular flexibility index (Phi) is 7.05. The minimum atomic E-state index is -0.633. The highest BCUT2D eigenvalue weighted by Crippen LogP contribution is 2.27. The Morgan fingerprint density at radius 2 is 1.73 bits per heavy atom. The number of benzene rings is 1. The van der Waals surface area contributed by atoms with Gasteiger partial charge in [-0.2, -0.15) is 0 Å². The van der Waals surface area contributed by atoms with Crippen molar-refractivity contribution >= 4 is 11.8 Å². The first-order chi connectivity index (χ1) is 10.4. The molecule has 122 valence electrons. The van der Waals surface area contributed by atoms with E-state index in [0.717, 1.165) is 5.56 Å². The van der Waals surface area contributed by atoms with E-state index in [0.29, 0.717) is 18.9 Å². The lowest BCUT2D eigenvalue weighted by atomic mass is 9.90. The van der Waals surface area contributed by atoms with Crippen molar-refractivity contribution in [3.63, 3.8) is 0 Å². The molecule has 0 heterocycles. The zero-order chi connectivity index (χ0) is 16.6. The molecule has 22 heavy (non-hydrogen) atoms. The van der Waals surface area contributed by atoms with Crippen LogP contribution in [0.3, 0.4) is 0 Å². The van der Waals surface area contributed by atoms with E-state index in [-0.39, 0.29) is 6.54 Å². The molecule has 0 aromatic heterocycles. The third-order valence-corrected chi connectivity index (χ3v) is 3.67. The van der Waals surface area contributed by atoms with Crippen molar-refractivity contribution in [1.82, 2.24) is 10.6 Å². The second kappa shape index (κ2) is 8.54. The fourth-order valence-corrected chi connectivity index (χ4v) is 2.19. The smallest absolute Gasteiger partial charge is 0.309 e. The molecule has 1 unspecified atom stereocenters. The van der Waals surface area contributed by atoms with Gasteiger partial charge in [-0.25, -0.2) is 0 Å². The van der Waals surface area contributed by atoms with Crippen molar-refractivity contribution in [2.45, 2.75) is 32.8 Å². The van der Waals surface area contributed by atoms with Crippen LogP contribution in [0.2, 0.25) is 0 Å². The Bertz CT molecular complexity index is 482. The van der Waals surface area contributed by atoms with Crippen LogP contribution in [0.5, 0.6) is 0 Å². The van der Waals surface area contributed by atoms with Gasteiger partial charge in [0.1, 0.15) is 5.60 Å². The Morgan fingerprint density at radius 3 is 2.23 bits per heavy atom. The third kappa shape index (κ3) is 4.84. The van der Waals surface area contributed by atoms with E-state index in [1.54, 1.807) is 7.11 Å². The van der Waals surface area contributed by atoms with E-state index in [4.69, 9.17) is 4.74 Å². The normalized spacial score (nSPS) is 13.5. The van der Waals surface area contributed by atoms with Crippen LogP contribution in [0.25, 0.3) is 0 Å². The van der Waals surface area contributed by atoms with E-state index in [2.05, 4.69) is 10.6 Å². The average Bonchev–Trinajstić information content (AvgIpc) is 2.54. The summed E-state index contributed by atoms with van der Waals surface area (Å²) in [6.45, 7) is 6.66. The Morgan fingerprint density at radius 1 is 1.14 bits per heavy atom. The standard InChI is InChI=1S/C17H26N2O3/c1-5-17(22-4,14-9-7-6-8-10-14)12-19-16(21)15(20)18-11-13(2)3/h6-10,13H,5,11-12H2,1-4H3,(H,18,20)(H,19,21). The second-order valence-corrected chi connectivity index (χ2v) is 5.70. The van der Waals surface area contributed by atoms with Gasteiger partial charge in [0.2, 0.25) is 0 Å². The summed E-state index contributed by atoms with van der Waals surface area (Å²) in [5.41, 5.74) is 0.345. The highest BCUT2D eigenvalue weighted by atomic mass is 16.5. The van der Waals surface area contributed by atoms with E-state index < -0.39 is 17.4 Å². The molecule has 0 saturated carbocycles. The number of methoxy groups -OCH3 is 1. The largest absolute Gasteiger partial charge is 0.372 e. The quantitative estimate of drug-likeness (QED) is 0.755. The molecular weight excluding hydrogens is 280 g/mol. The molecule has 0 fully saturated rings. The predicted molar refractivity (Wildman–Crippen MR) is 86.3 cm³/mol. The zero-order valence-electron chi connectivity index (χ0n) is 13.8. The van der Waals surface area contributed by atoms with Gasteiger partial charge < -0.3 is 15.4 Å². The monoisotopic (exact) mass is 306 g/mol. The number of amides is 2. The van der Waals surface area contributed by atoms with Crippen LogP contribution in [0.1, 0.15) is 32.8 Å². The summed E-state index contributed by atoms with van der Waals surface area (Å²) >= 11 is 0. The molecule has 1 atom stereocenters. The van der Waals surface area contributed by atoms with Gasteiger partial charge in [-0.15, -0.1) is 0 Å². The number of carbonyl (C=O) groups is 2. The maximum absolute atomic E-state index is 11.9. The topological polar surface area (TPSA) is 67.4 Å². The van der Waals surface area contributed by atoms with Crippen molar-refractivity contribution in [2.24, 2.45) is 5.92 Å². The molecule has 0 aliphatic rings. The molecular formula is C17H26N2O3. The van der Waals surface area contributed by atoms with Gasteiger partial charge in [-0.3, -0.25) is 9.59 Å². The van der Waals surface area contributed by atoms with Crippen molar-refractivity contribution in [3.05, 3.63) is 35.9 Å². The first kappa shape index (κ1) is 18.2. The Labute approximate surface area is 132 Å². The summed E-state index contributed by atoms with van der Waals surface area (Å²) in [7, 11) is 1.61. The van der Waals surface area contributed by atoms with E-state index >= 15 is 0 Å². The fraction of sp³-hybridized carbons (Fsp3) is 0.529. The molecule has 1 aromatic carbocycles. The van der Waals surface area contributed by atoms with Crippen molar-refractivity contribution < 1.29 is 14.3 Å². The Hall–Kier alpha value is -1.88.